The van der Waals surface area contributed by atoms with E-state index in [9.17, 15) is 19.8 Å². The van der Waals surface area contributed by atoms with Gasteiger partial charge in [-0.2, -0.15) is 0 Å². The van der Waals surface area contributed by atoms with Gasteiger partial charge < -0.3 is 15.5 Å². The highest BCUT2D eigenvalue weighted by atomic mass is 16.4. The first-order valence-electron chi connectivity index (χ1n) is 7.68. The third-order valence-corrected chi connectivity index (χ3v) is 4.99. The molecule has 22 heavy (non-hydrogen) atoms. The van der Waals surface area contributed by atoms with Crippen LogP contribution in [0.5, 0.6) is 0 Å². The minimum atomic E-state index is -0.915. The number of fused-ring (bicyclic) bond motifs is 2. The summed E-state index contributed by atoms with van der Waals surface area (Å²) in [6, 6.07) is 0. The lowest BCUT2D eigenvalue weighted by Crippen LogP contribution is -2.47. The molecule has 2 bridgehead atoms. The zero-order valence-corrected chi connectivity index (χ0v) is 13.2. The number of carbonyl (C=O) groups is 2. The quantitative estimate of drug-likeness (QED) is 0.623. The van der Waals surface area contributed by atoms with E-state index in [1.54, 1.807) is 6.08 Å². The summed E-state index contributed by atoms with van der Waals surface area (Å²) >= 11 is 0. The Morgan fingerprint density at radius 2 is 2.18 bits per heavy atom. The third kappa shape index (κ3) is 2.82. The monoisotopic (exact) mass is 307 g/mol. The third-order valence-electron chi connectivity index (χ3n) is 4.99. The van der Waals surface area contributed by atoms with Gasteiger partial charge in [-0.3, -0.25) is 9.59 Å². The molecule has 0 aromatic carbocycles. The number of carbonyl (C=O) groups excluding carboxylic acids is 1. The number of aliphatic carboxylic acids is 1. The second kappa shape index (κ2) is 5.88. The number of nitrogens with one attached hydrogen (secondary N) is 1. The van der Waals surface area contributed by atoms with E-state index in [1.165, 1.54) is 0 Å². The van der Waals surface area contributed by atoms with Crippen LogP contribution in [0, 0.1) is 28.6 Å². The first-order chi connectivity index (χ1) is 10.3. The highest BCUT2D eigenvalue weighted by Crippen LogP contribution is 2.58. The molecule has 0 radical (unpaired) electrons. The van der Waals surface area contributed by atoms with Gasteiger partial charge in [-0.05, 0) is 18.8 Å². The molecule has 3 N–H and O–H groups in total. The Bertz CT molecular complexity index is 511. The van der Waals surface area contributed by atoms with Crippen molar-refractivity contribution in [1.82, 2.24) is 5.32 Å². The first-order valence-corrected chi connectivity index (χ1v) is 7.68. The average Bonchev–Trinajstić information content (AvgIpc) is 3.00. The molecule has 2 rings (SSSR count). The molecule has 0 spiro atoms. The summed E-state index contributed by atoms with van der Waals surface area (Å²) in [6.07, 6.45) is 6.99. The Kier molecular flexibility index (Phi) is 4.47. The zero-order chi connectivity index (χ0) is 16.5. The van der Waals surface area contributed by atoms with E-state index in [4.69, 9.17) is 0 Å². The van der Waals surface area contributed by atoms with Crippen molar-refractivity contribution < 1.29 is 19.8 Å². The maximum atomic E-state index is 12.7. The molecule has 4 atom stereocenters. The van der Waals surface area contributed by atoms with Crippen molar-refractivity contribution in [2.75, 3.05) is 13.2 Å². The van der Waals surface area contributed by atoms with Crippen LogP contribution in [0.1, 0.15) is 26.7 Å². The molecular weight excluding hydrogens is 282 g/mol. The minimum absolute atomic E-state index is 0.0410. The smallest absolute Gasteiger partial charge is 0.307 e. The van der Waals surface area contributed by atoms with E-state index in [2.05, 4.69) is 11.9 Å². The van der Waals surface area contributed by atoms with E-state index < -0.39 is 28.6 Å². The summed E-state index contributed by atoms with van der Waals surface area (Å²) in [7, 11) is 0. The van der Waals surface area contributed by atoms with Crippen molar-refractivity contribution in [2.24, 2.45) is 28.6 Å². The van der Waals surface area contributed by atoms with Crippen molar-refractivity contribution in [2.45, 2.75) is 26.7 Å². The van der Waals surface area contributed by atoms with Gasteiger partial charge in [-0.25, -0.2) is 0 Å². The fourth-order valence-electron chi connectivity index (χ4n) is 3.76. The number of allylic oxidation sites excluding steroid dienone is 3. The summed E-state index contributed by atoms with van der Waals surface area (Å²) < 4.78 is 0. The normalized spacial score (nSPS) is 33.0. The van der Waals surface area contributed by atoms with Crippen LogP contribution in [0.25, 0.3) is 0 Å². The number of carboxylic acid groups (broad SMARTS) is 1. The summed E-state index contributed by atoms with van der Waals surface area (Å²) in [4.78, 5) is 24.3. The van der Waals surface area contributed by atoms with Crippen LogP contribution in [0.4, 0.5) is 0 Å². The van der Waals surface area contributed by atoms with Crippen LogP contribution >= 0.6 is 0 Å². The van der Waals surface area contributed by atoms with Crippen LogP contribution in [-0.2, 0) is 9.59 Å². The average molecular weight is 307 g/mol. The number of rotatable bonds is 7. The lowest BCUT2D eigenvalue weighted by Gasteiger charge is -2.34. The summed E-state index contributed by atoms with van der Waals surface area (Å²) in [5.74, 6) is -2.49. The SMILES string of the molecule is C=CCC12C=CC(C1)C(C(=O)O)C2C(=O)NCC(C)(C)CO. The van der Waals surface area contributed by atoms with Gasteiger partial charge in [0.2, 0.25) is 5.91 Å². The first kappa shape index (κ1) is 16.7. The van der Waals surface area contributed by atoms with Crippen molar-refractivity contribution >= 4 is 11.9 Å². The highest BCUT2D eigenvalue weighted by Gasteiger charge is 2.59. The fraction of sp³-hybridized carbons (Fsp3) is 0.647. The second-order valence-electron chi connectivity index (χ2n) is 7.33. The van der Waals surface area contributed by atoms with Gasteiger partial charge in [-0.1, -0.05) is 32.1 Å². The Balaban J connectivity index is 2.21. The molecule has 1 saturated carbocycles. The van der Waals surface area contributed by atoms with Gasteiger partial charge in [0.05, 0.1) is 11.8 Å². The van der Waals surface area contributed by atoms with E-state index in [1.807, 2.05) is 26.0 Å². The Labute approximate surface area is 131 Å². The van der Waals surface area contributed by atoms with E-state index >= 15 is 0 Å². The number of hydrogen-bond donors (Lipinski definition) is 3. The van der Waals surface area contributed by atoms with Crippen molar-refractivity contribution in [3.8, 4) is 0 Å². The lowest BCUT2D eigenvalue weighted by molar-refractivity contribution is -0.149. The van der Waals surface area contributed by atoms with E-state index in [0.29, 0.717) is 19.4 Å². The molecule has 0 aromatic heterocycles. The zero-order valence-electron chi connectivity index (χ0n) is 13.2. The predicted molar refractivity (Wildman–Crippen MR) is 83.0 cm³/mol. The van der Waals surface area contributed by atoms with Crippen molar-refractivity contribution in [1.29, 1.82) is 0 Å². The molecule has 0 saturated heterocycles. The van der Waals surface area contributed by atoms with Crippen LogP contribution in [0.15, 0.2) is 24.8 Å². The van der Waals surface area contributed by atoms with Crippen LogP contribution < -0.4 is 5.32 Å². The molecule has 4 unspecified atom stereocenters. The van der Waals surface area contributed by atoms with Crippen LogP contribution in [-0.4, -0.2) is 35.2 Å². The molecule has 122 valence electrons. The maximum Gasteiger partial charge on any atom is 0.307 e. The predicted octanol–water partition coefficient (Wildman–Crippen LogP) is 1.59. The Morgan fingerprint density at radius 1 is 1.50 bits per heavy atom. The second-order valence-corrected chi connectivity index (χ2v) is 7.33. The van der Waals surface area contributed by atoms with Crippen molar-refractivity contribution in [3.63, 3.8) is 0 Å². The highest BCUT2D eigenvalue weighted by molar-refractivity contribution is 5.87. The number of aliphatic hydroxyl groups excluding tert-OH is 1. The summed E-state index contributed by atoms with van der Waals surface area (Å²) in [6.45, 7) is 7.73. The van der Waals surface area contributed by atoms with Gasteiger partial charge in [0, 0.05) is 24.0 Å². The largest absolute Gasteiger partial charge is 0.481 e. The standard InChI is InChI=1S/C17H25NO4/c1-4-6-17-7-5-11(8-17)12(15(21)22)13(17)14(20)18-9-16(2,3)10-19/h4-5,7,11-13,19H,1,6,8-10H2,2-3H3,(H,18,20)(H,21,22). The number of amides is 1. The number of aliphatic hydroxyl groups is 1. The van der Waals surface area contributed by atoms with Crippen LogP contribution in [0.3, 0.4) is 0 Å². The molecule has 0 aromatic rings. The van der Waals surface area contributed by atoms with Gasteiger partial charge in [0.25, 0.3) is 0 Å². The molecule has 2 aliphatic carbocycles. The Morgan fingerprint density at radius 3 is 2.73 bits per heavy atom. The van der Waals surface area contributed by atoms with Crippen molar-refractivity contribution in [3.05, 3.63) is 24.8 Å². The number of carboxylic acids is 1. The lowest BCUT2D eigenvalue weighted by atomic mass is 9.71. The Hall–Kier alpha value is -1.62. The maximum absolute atomic E-state index is 12.7. The van der Waals surface area contributed by atoms with E-state index in [-0.39, 0.29) is 18.4 Å². The number of hydrogen-bond acceptors (Lipinski definition) is 3. The summed E-state index contributed by atoms with van der Waals surface area (Å²) in [5, 5.41) is 21.7. The van der Waals surface area contributed by atoms with Gasteiger partial charge >= 0.3 is 5.97 Å². The van der Waals surface area contributed by atoms with Crippen LogP contribution in [0.2, 0.25) is 0 Å². The molecule has 5 nitrogen and oxygen atoms in total. The molecule has 5 heteroatoms. The molecular formula is C17H25NO4. The molecule has 1 fully saturated rings. The molecule has 1 amide bonds. The summed E-state index contributed by atoms with van der Waals surface area (Å²) in [5.41, 5.74) is -0.851. The fourth-order valence-corrected chi connectivity index (χ4v) is 3.76. The van der Waals surface area contributed by atoms with E-state index in [0.717, 1.165) is 0 Å². The van der Waals surface area contributed by atoms with Gasteiger partial charge in [-0.15, -0.1) is 6.58 Å². The minimum Gasteiger partial charge on any atom is -0.481 e. The molecule has 0 heterocycles. The molecule has 0 aliphatic heterocycles. The topological polar surface area (TPSA) is 86.6 Å². The van der Waals surface area contributed by atoms with Gasteiger partial charge in [0.15, 0.2) is 0 Å². The van der Waals surface area contributed by atoms with Gasteiger partial charge in [0.1, 0.15) is 0 Å². The molecule has 2 aliphatic rings.